The lowest BCUT2D eigenvalue weighted by Crippen LogP contribution is -2.55. The molecule has 3 rings (SSSR count). The van der Waals surface area contributed by atoms with Crippen molar-refractivity contribution in [2.45, 2.75) is 31.6 Å². The molecule has 0 unspecified atom stereocenters. The molecular weight excluding hydrogens is 271 g/mol. The van der Waals surface area contributed by atoms with Crippen LogP contribution in [0.4, 0.5) is 4.39 Å². The molecule has 0 radical (unpaired) electrons. The van der Waals surface area contributed by atoms with Crippen LogP contribution in [0.25, 0.3) is 0 Å². The number of nitriles is 1. The Bertz CT molecular complexity index is 564. The number of halogens is 1. The summed E-state index contributed by atoms with van der Waals surface area (Å²) >= 11 is 0. The van der Waals surface area contributed by atoms with Crippen molar-refractivity contribution in [3.05, 3.63) is 35.1 Å². The first-order chi connectivity index (χ1) is 10.1. The van der Waals surface area contributed by atoms with Crippen LogP contribution >= 0.6 is 0 Å². The molecule has 2 saturated heterocycles. The average molecular weight is 290 g/mol. The van der Waals surface area contributed by atoms with Gasteiger partial charge in [-0.25, -0.2) is 4.39 Å². The summed E-state index contributed by atoms with van der Waals surface area (Å²) in [5.74, 6) is -0.315. The smallest absolute Gasteiger partial charge is 0.129 e. The zero-order valence-corrected chi connectivity index (χ0v) is 12.1. The second-order valence-corrected chi connectivity index (χ2v) is 6.00. The van der Waals surface area contributed by atoms with Gasteiger partial charge >= 0.3 is 0 Å². The molecular formula is C16H19FN2O2. The Morgan fingerprint density at radius 2 is 2.38 bits per heavy atom. The maximum Gasteiger partial charge on any atom is 0.129 e. The molecule has 0 bridgehead atoms. The maximum absolute atomic E-state index is 14.0. The first-order valence-electron chi connectivity index (χ1n) is 7.27. The van der Waals surface area contributed by atoms with Crippen molar-refractivity contribution in [1.29, 1.82) is 5.26 Å². The monoisotopic (exact) mass is 290 g/mol. The van der Waals surface area contributed by atoms with Crippen LogP contribution in [0.1, 0.15) is 24.5 Å². The van der Waals surface area contributed by atoms with Gasteiger partial charge < -0.3 is 9.47 Å². The fourth-order valence-electron chi connectivity index (χ4n) is 3.25. The highest BCUT2D eigenvalue weighted by Gasteiger charge is 2.42. The first-order valence-corrected chi connectivity index (χ1v) is 7.27. The fraction of sp³-hybridized carbons (Fsp3) is 0.562. The number of nitrogens with zero attached hydrogens (tertiary/aromatic N) is 2. The summed E-state index contributed by atoms with van der Waals surface area (Å²) < 4.78 is 25.6. The summed E-state index contributed by atoms with van der Waals surface area (Å²) in [6.45, 7) is 5.46. The number of rotatable bonds is 2. The molecule has 1 aromatic rings. The van der Waals surface area contributed by atoms with Crippen molar-refractivity contribution in [2.75, 3.05) is 26.3 Å². The van der Waals surface area contributed by atoms with E-state index in [2.05, 4.69) is 4.90 Å². The minimum Gasteiger partial charge on any atom is -0.378 e. The van der Waals surface area contributed by atoms with Gasteiger partial charge in [0.25, 0.3) is 0 Å². The van der Waals surface area contributed by atoms with E-state index in [1.54, 1.807) is 12.1 Å². The Labute approximate surface area is 124 Å². The lowest BCUT2D eigenvalue weighted by molar-refractivity contribution is -0.149. The third-order valence-corrected chi connectivity index (χ3v) is 4.12. The molecule has 0 saturated carbocycles. The minimum atomic E-state index is -0.315. The largest absolute Gasteiger partial charge is 0.378 e. The van der Waals surface area contributed by atoms with E-state index in [1.165, 1.54) is 6.07 Å². The van der Waals surface area contributed by atoms with E-state index >= 15 is 0 Å². The standard InChI is InChI=1S/C16H19FN2O2/c1-12-8-19(10-16(21-12)4-5-20-11-16)9-14-3-2-13(7-18)6-15(14)17/h2-3,6,12H,4-5,8-11H2,1H3/t12-,16-/m1/s1. The molecule has 2 aliphatic rings. The van der Waals surface area contributed by atoms with Gasteiger partial charge in [-0.2, -0.15) is 5.26 Å². The lowest BCUT2D eigenvalue weighted by atomic mass is 9.98. The van der Waals surface area contributed by atoms with Crippen molar-refractivity contribution in [3.63, 3.8) is 0 Å². The number of hydrogen-bond acceptors (Lipinski definition) is 4. The van der Waals surface area contributed by atoms with Gasteiger partial charge in [0.15, 0.2) is 0 Å². The third kappa shape index (κ3) is 3.08. The molecule has 112 valence electrons. The number of ether oxygens (including phenoxy) is 2. The Hall–Kier alpha value is -1.48. The second-order valence-electron chi connectivity index (χ2n) is 6.00. The van der Waals surface area contributed by atoms with Gasteiger partial charge in [-0.05, 0) is 19.1 Å². The predicted molar refractivity (Wildman–Crippen MR) is 75.1 cm³/mol. The third-order valence-electron chi connectivity index (χ3n) is 4.12. The second kappa shape index (κ2) is 5.72. The Morgan fingerprint density at radius 1 is 1.52 bits per heavy atom. The van der Waals surface area contributed by atoms with Crippen molar-refractivity contribution < 1.29 is 13.9 Å². The van der Waals surface area contributed by atoms with Gasteiger partial charge in [0.05, 0.1) is 24.3 Å². The van der Waals surface area contributed by atoms with Gasteiger partial charge in [-0.15, -0.1) is 0 Å². The van der Waals surface area contributed by atoms with Gasteiger partial charge in [0.1, 0.15) is 11.4 Å². The molecule has 2 heterocycles. The highest BCUT2D eigenvalue weighted by molar-refractivity contribution is 5.32. The molecule has 21 heavy (non-hydrogen) atoms. The van der Waals surface area contributed by atoms with Gasteiger partial charge in [0.2, 0.25) is 0 Å². The van der Waals surface area contributed by atoms with Crippen LogP contribution in [0, 0.1) is 17.1 Å². The van der Waals surface area contributed by atoms with E-state index in [0.717, 1.165) is 26.1 Å². The van der Waals surface area contributed by atoms with Crippen LogP contribution in [0.5, 0.6) is 0 Å². The average Bonchev–Trinajstić information content (AvgIpc) is 2.87. The van der Waals surface area contributed by atoms with E-state index in [9.17, 15) is 4.39 Å². The molecule has 0 aromatic heterocycles. The quantitative estimate of drug-likeness (QED) is 0.836. The summed E-state index contributed by atoms with van der Waals surface area (Å²) in [4.78, 5) is 2.22. The minimum absolute atomic E-state index is 0.113. The molecule has 4 nitrogen and oxygen atoms in total. The van der Waals surface area contributed by atoms with Crippen LogP contribution in [0.2, 0.25) is 0 Å². The Kier molecular flexibility index (Phi) is 3.94. The summed E-state index contributed by atoms with van der Waals surface area (Å²) in [7, 11) is 0. The summed E-state index contributed by atoms with van der Waals surface area (Å²) in [5.41, 5.74) is 0.741. The number of hydrogen-bond donors (Lipinski definition) is 0. The molecule has 2 fully saturated rings. The zero-order valence-electron chi connectivity index (χ0n) is 12.1. The number of benzene rings is 1. The normalized spacial score (nSPS) is 29.7. The number of morpholine rings is 1. The van der Waals surface area contributed by atoms with Gasteiger partial charge in [-0.1, -0.05) is 6.07 Å². The van der Waals surface area contributed by atoms with Crippen LogP contribution in [0.15, 0.2) is 18.2 Å². The molecule has 2 aliphatic heterocycles. The SMILES string of the molecule is C[C@@H]1CN(Cc2ccc(C#N)cc2F)C[C@@]2(CCOC2)O1. The predicted octanol–water partition coefficient (Wildman–Crippen LogP) is 2.08. The van der Waals surface area contributed by atoms with E-state index in [0.29, 0.717) is 24.3 Å². The topological polar surface area (TPSA) is 45.5 Å². The molecule has 0 N–H and O–H groups in total. The van der Waals surface area contributed by atoms with Crippen LogP contribution in [-0.4, -0.2) is 42.9 Å². The molecule has 2 atom stereocenters. The Morgan fingerprint density at radius 3 is 3.05 bits per heavy atom. The highest BCUT2D eigenvalue weighted by Crippen LogP contribution is 2.30. The molecule has 5 heteroatoms. The maximum atomic E-state index is 14.0. The van der Waals surface area contributed by atoms with E-state index < -0.39 is 0 Å². The van der Waals surface area contributed by atoms with Crippen molar-refractivity contribution in [1.82, 2.24) is 4.90 Å². The molecule has 1 aromatic carbocycles. The van der Waals surface area contributed by atoms with E-state index in [1.807, 2.05) is 13.0 Å². The van der Waals surface area contributed by atoms with E-state index in [4.69, 9.17) is 14.7 Å². The highest BCUT2D eigenvalue weighted by atomic mass is 19.1. The van der Waals surface area contributed by atoms with E-state index in [-0.39, 0.29) is 17.5 Å². The molecule has 0 amide bonds. The summed E-state index contributed by atoms with van der Waals surface area (Å²) in [5, 5.41) is 8.79. The van der Waals surface area contributed by atoms with Crippen LogP contribution < -0.4 is 0 Å². The zero-order chi connectivity index (χ0) is 14.9. The fourth-order valence-corrected chi connectivity index (χ4v) is 3.25. The molecule has 0 aliphatic carbocycles. The summed E-state index contributed by atoms with van der Waals surface area (Å²) in [6.07, 6.45) is 1.01. The van der Waals surface area contributed by atoms with Crippen molar-refractivity contribution in [2.24, 2.45) is 0 Å². The van der Waals surface area contributed by atoms with Crippen LogP contribution in [0.3, 0.4) is 0 Å². The van der Waals surface area contributed by atoms with Crippen molar-refractivity contribution in [3.8, 4) is 6.07 Å². The van der Waals surface area contributed by atoms with Gasteiger partial charge in [0, 0.05) is 38.2 Å². The summed E-state index contributed by atoms with van der Waals surface area (Å²) in [6, 6.07) is 6.62. The van der Waals surface area contributed by atoms with Crippen molar-refractivity contribution >= 4 is 0 Å². The van der Waals surface area contributed by atoms with Gasteiger partial charge in [-0.3, -0.25) is 4.90 Å². The molecule has 1 spiro atoms. The Balaban J connectivity index is 1.73. The first kappa shape index (κ1) is 14.5. The lowest BCUT2D eigenvalue weighted by Gasteiger charge is -2.43. The van der Waals surface area contributed by atoms with Crippen LogP contribution in [-0.2, 0) is 16.0 Å².